The van der Waals surface area contributed by atoms with Crippen LogP contribution in [0.2, 0.25) is 0 Å². The fraction of sp³-hybridized carbons (Fsp3) is 0.0189. The molecule has 0 aliphatic carbocycles. The molecule has 6 heteroatoms. The molecular formula is C53H33N2O2PS. The van der Waals surface area contributed by atoms with Gasteiger partial charge in [0.15, 0.2) is 7.14 Å². The van der Waals surface area contributed by atoms with Gasteiger partial charge in [0.05, 0.1) is 16.8 Å². The number of aromatic nitrogens is 2. The number of nitrogens with zero attached hydrogens (tertiary/aromatic N) is 2. The number of hydrogen-bond acceptors (Lipinski definition) is 5. The first-order valence-corrected chi connectivity index (χ1v) is 22.3. The topological polar surface area (TPSA) is 56.0 Å². The molecule has 0 saturated heterocycles. The first kappa shape index (κ1) is 34.3. The van der Waals surface area contributed by atoms with Crippen LogP contribution in [0.15, 0.2) is 215 Å². The molecule has 1 spiro atoms. The van der Waals surface area contributed by atoms with Crippen LogP contribution < -0.4 is 15.9 Å². The molecule has 5 heterocycles. The molecule has 59 heavy (non-hydrogen) atoms. The van der Waals surface area contributed by atoms with Gasteiger partial charge in [-0.15, -0.1) is 0 Å². The Morgan fingerprint density at radius 1 is 0.475 bits per heavy atom. The molecule has 4 nitrogen and oxygen atoms in total. The van der Waals surface area contributed by atoms with Crippen molar-refractivity contribution in [2.24, 2.45) is 0 Å². The van der Waals surface area contributed by atoms with Gasteiger partial charge in [0, 0.05) is 60.0 Å². The van der Waals surface area contributed by atoms with Gasteiger partial charge >= 0.3 is 0 Å². The molecule has 0 radical (unpaired) electrons. The number of para-hydroxylation sites is 1. The van der Waals surface area contributed by atoms with Gasteiger partial charge in [0.2, 0.25) is 0 Å². The van der Waals surface area contributed by atoms with Crippen molar-refractivity contribution in [1.29, 1.82) is 0 Å². The lowest BCUT2D eigenvalue weighted by atomic mass is 9.64. The summed E-state index contributed by atoms with van der Waals surface area (Å²) in [6, 6.07) is 65.4. The van der Waals surface area contributed by atoms with Gasteiger partial charge in [-0.1, -0.05) is 145 Å². The Hall–Kier alpha value is -6.78. The predicted molar refractivity (Wildman–Crippen MR) is 241 cm³/mol. The summed E-state index contributed by atoms with van der Waals surface area (Å²) in [4.78, 5) is 12.0. The Morgan fingerprint density at radius 2 is 1.17 bits per heavy atom. The lowest BCUT2D eigenvalue weighted by Crippen LogP contribution is -2.48. The maximum atomic E-state index is 16.5. The normalized spacial score (nSPS) is 17.6. The van der Waals surface area contributed by atoms with Crippen molar-refractivity contribution in [3.05, 3.63) is 223 Å². The molecule has 0 amide bonds. The Labute approximate surface area is 345 Å². The lowest BCUT2D eigenvalue weighted by molar-refractivity contribution is 0.589. The molecule has 10 aromatic rings. The summed E-state index contributed by atoms with van der Waals surface area (Å²) < 4.78 is 23.0. The third kappa shape index (κ3) is 5.02. The summed E-state index contributed by atoms with van der Waals surface area (Å²) >= 11 is 1.79. The first-order valence-electron chi connectivity index (χ1n) is 19.7. The molecule has 2 atom stereocenters. The van der Waals surface area contributed by atoms with Crippen LogP contribution in [-0.4, -0.2) is 9.97 Å². The summed E-state index contributed by atoms with van der Waals surface area (Å²) in [5, 5.41) is 4.52. The van der Waals surface area contributed by atoms with Crippen LogP contribution in [-0.2, 0) is 9.98 Å². The van der Waals surface area contributed by atoms with Gasteiger partial charge in [0.25, 0.3) is 0 Å². The standard InChI is InChI=1S/C53H33N2O2PS/c56-58(38-17-5-2-6-18-38)49-23-11-8-20-41(49)53(44-31-40-39-19-7-10-22-47(39)57-48(40)32-50(44)58)42-21-9-12-24-51(42)59-52-30-35(25-26-43(52)53)45-28-37(34-14-3-1-4-15-34)29-46(55-45)36-16-13-27-54-33-36/h1-33H. The number of furan rings is 1. The average Bonchev–Trinajstić information content (AvgIpc) is 3.68. The van der Waals surface area contributed by atoms with Crippen LogP contribution >= 0.6 is 18.9 Å². The second-order valence-electron chi connectivity index (χ2n) is 15.2. The predicted octanol–water partition coefficient (Wildman–Crippen LogP) is 12.2. The number of rotatable bonds is 4. The number of hydrogen-bond donors (Lipinski definition) is 0. The van der Waals surface area contributed by atoms with Gasteiger partial charge < -0.3 is 8.98 Å². The summed E-state index contributed by atoms with van der Waals surface area (Å²) in [5.74, 6) is 0. The van der Waals surface area contributed by atoms with Gasteiger partial charge in [-0.3, -0.25) is 4.98 Å². The van der Waals surface area contributed by atoms with E-state index < -0.39 is 12.6 Å². The van der Waals surface area contributed by atoms with E-state index in [1.165, 1.54) is 5.56 Å². The van der Waals surface area contributed by atoms with Gasteiger partial charge in [-0.2, -0.15) is 0 Å². The highest BCUT2D eigenvalue weighted by Gasteiger charge is 2.54. The van der Waals surface area contributed by atoms with Crippen LogP contribution in [0, 0.1) is 0 Å². The van der Waals surface area contributed by atoms with Crippen molar-refractivity contribution >= 4 is 56.8 Å². The van der Waals surface area contributed by atoms with E-state index in [9.17, 15) is 0 Å². The maximum Gasteiger partial charge on any atom is 0.171 e. The lowest BCUT2D eigenvalue weighted by Gasteiger charge is -2.47. The molecule has 0 saturated carbocycles. The van der Waals surface area contributed by atoms with Crippen molar-refractivity contribution < 1.29 is 8.98 Å². The largest absolute Gasteiger partial charge is 0.456 e. The van der Waals surface area contributed by atoms with Crippen molar-refractivity contribution in [2.45, 2.75) is 15.2 Å². The summed E-state index contributed by atoms with van der Waals surface area (Å²) in [6.45, 7) is 0. The Balaban J connectivity index is 1.17. The molecule has 278 valence electrons. The molecule has 0 N–H and O–H groups in total. The molecule has 0 fully saturated rings. The molecular weight excluding hydrogens is 760 g/mol. The first-order chi connectivity index (χ1) is 29.1. The highest BCUT2D eigenvalue weighted by atomic mass is 32.2. The van der Waals surface area contributed by atoms with Crippen LogP contribution in [0.5, 0.6) is 0 Å². The fourth-order valence-electron chi connectivity index (χ4n) is 9.50. The summed E-state index contributed by atoms with van der Waals surface area (Å²) in [7, 11) is -3.42. The molecule has 2 aliphatic rings. The van der Waals surface area contributed by atoms with Gasteiger partial charge in [-0.25, -0.2) is 4.98 Å². The molecule has 7 aromatic carbocycles. The summed E-state index contributed by atoms with van der Waals surface area (Å²) in [5.41, 5.74) is 11.1. The smallest absolute Gasteiger partial charge is 0.171 e. The van der Waals surface area contributed by atoms with E-state index in [0.29, 0.717) is 0 Å². The number of fused-ring (bicyclic) bond motifs is 11. The zero-order valence-electron chi connectivity index (χ0n) is 31.6. The van der Waals surface area contributed by atoms with Gasteiger partial charge in [-0.05, 0) is 88.0 Å². The van der Waals surface area contributed by atoms with Crippen molar-refractivity contribution in [2.75, 3.05) is 0 Å². The zero-order chi connectivity index (χ0) is 39.1. The maximum absolute atomic E-state index is 16.5. The Bertz CT molecular complexity index is 3290. The van der Waals surface area contributed by atoms with E-state index in [1.807, 2.05) is 66.9 Å². The fourth-order valence-corrected chi connectivity index (χ4v) is 13.9. The minimum atomic E-state index is -3.42. The molecule has 0 bridgehead atoms. The van der Waals surface area contributed by atoms with Crippen molar-refractivity contribution in [1.82, 2.24) is 9.97 Å². The third-order valence-electron chi connectivity index (χ3n) is 12.1. The van der Waals surface area contributed by atoms with E-state index in [-0.39, 0.29) is 0 Å². The van der Waals surface area contributed by atoms with E-state index in [4.69, 9.17) is 9.40 Å². The van der Waals surface area contributed by atoms with Crippen molar-refractivity contribution in [3.8, 4) is 33.6 Å². The van der Waals surface area contributed by atoms with E-state index in [2.05, 4.69) is 132 Å². The summed E-state index contributed by atoms with van der Waals surface area (Å²) in [6.07, 6.45) is 3.66. The Kier molecular flexibility index (Phi) is 7.62. The molecule has 12 rings (SSSR count). The minimum absolute atomic E-state index is 0.735. The van der Waals surface area contributed by atoms with E-state index in [1.54, 1.807) is 18.0 Å². The van der Waals surface area contributed by atoms with Gasteiger partial charge in [0.1, 0.15) is 11.2 Å². The second-order valence-corrected chi connectivity index (χ2v) is 19.0. The van der Waals surface area contributed by atoms with Crippen LogP contribution in [0.25, 0.3) is 55.6 Å². The molecule has 3 aromatic heterocycles. The van der Waals surface area contributed by atoms with Crippen molar-refractivity contribution in [3.63, 3.8) is 0 Å². The average molecular weight is 793 g/mol. The minimum Gasteiger partial charge on any atom is -0.456 e. The SMILES string of the molecule is O=P1(c2ccccc2)c2ccccc2C2(c3ccccc3Sc3cc(-c4cc(-c5ccccc5)cc(-c5cccnc5)n4)ccc32)c2cc3c(cc21)oc1ccccc13. The highest BCUT2D eigenvalue weighted by molar-refractivity contribution is 7.99. The quantitative estimate of drug-likeness (QED) is 0.166. The van der Waals surface area contributed by atoms with Crippen LogP contribution in [0.3, 0.4) is 0 Å². The third-order valence-corrected chi connectivity index (χ3v) is 16.4. The Morgan fingerprint density at radius 3 is 2.00 bits per heavy atom. The highest BCUT2D eigenvalue weighted by Crippen LogP contribution is 2.62. The molecule has 2 aliphatic heterocycles. The van der Waals surface area contributed by atoms with E-state index >= 15 is 4.57 Å². The van der Waals surface area contributed by atoms with E-state index in [0.717, 1.165) is 98.0 Å². The number of benzene rings is 7. The van der Waals surface area contributed by atoms with Crippen LogP contribution in [0.1, 0.15) is 22.3 Å². The monoisotopic (exact) mass is 792 g/mol. The second kappa shape index (κ2) is 13.1. The zero-order valence-corrected chi connectivity index (χ0v) is 33.3. The molecule has 2 unspecified atom stereocenters. The van der Waals surface area contributed by atoms with Crippen LogP contribution in [0.4, 0.5) is 0 Å². The number of pyridine rings is 2.